The van der Waals surface area contributed by atoms with E-state index in [1.165, 1.54) is 85.9 Å². The summed E-state index contributed by atoms with van der Waals surface area (Å²) in [6.45, 7) is 0. The molecule has 0 aliphatic heterocycles. The number of anilines is 3. The largest absolute Gasteiger partial charge is 0.310 e. The van der Waals surface area contributed by atoms with E-state index in [1.807, 2.05) is 11.3 Å². The van der Waals surface area contributed by atoms with Crippen molar-refractivity contribution < 1.29 is 0 Å². The molecule has 262 valence electrons. The lowest BCUT2D eigenvalue weighted by Crippen LogP contribution is -2.09. The topological polar surface area (TPSA) is 3.24 Å². The molecule has 1 heterocycles. The van der Waals surface area contributed by atoms with Crippen molar-refractivity contribution in [2.24, 2.45) is 0 Å². The number of nitrogens with zero attached hydrogens (tertiary/aromatic N) is 1. The summed E-state index contributed by atoms with van der Waals surface area (Å²) in [4.78, 5) is 2.40. The summed E-state index contributed by atoms with van der Waals surface area (Å²) in [7, 11) is 0. The molecule has 0 unspecified atom stereocenters. The summed E-state index contributed by atoms with van der Waals surface area (Å²) in [6.07, 6.45) is 0. The van der Waals surface area contributed by atoms with Crippen LogP contribution in [0.3, 0.4) is 0 Å². The highest BCUT2D eigenvalue weighted by Crippen LogP contribution is 2.44. The van der Waals surface area contributed by atoms with Gasteiger partial charge in [-0.25, -0.2) is 0 Å². The maximum Gasteiger partial charge on any atom is 0.0476 e. The Balaban J connectivity index is 1.01. The Morgan fingerprint density at radius 2 is 0.857 bits per heavy atom. The number of benzene rings is 10. The van der Waals surface area contributed by atoms with Gasteiger partial charge in [0.05, 0.1) is 0 Å². The van der Waals surface area contributed by atoms with Crippen molar-refractivity contribution in [1.82, 2.24) is 0 Å². The maximum absolute atomic E-state index is 2.40. The molecular weight excluding hydrogens is 695 g/mol. The molecule has 10 aromatic carbocycles. The van der Waals surface area contributed by atoms with Crippen molar-refractivity contribution in [3.05, 3.63) is 212 Å². The summed E-state index contributed by atoms with van der Waals surface area (Å²) >= 11 is 1.89. The maximum atomic E-state index is 2.40. The van der Waals surface area contributed by atoms with E-state index in [9.17, 15) is 0 Å². The molecule has 0 amide bonds. The summed E-state index contributed by atoms with van der Waals surface area (Å²) in [5.74, 6) is 0. The van der Waals surface area contributed by atoms with Gasteiger partial charge in [0.1, 0.15) is 0 Å². The van der Waals surface area contributed by atoms with Gasteiger partial charge in [0.2, 0.25) is 0 Å². The van der Waals surface area contributed by atoms with Crippen LogP contribution in [0, 0.1) is 0 Å². The van der Waals surface area contributed by atoms with E-state index in [2.05, 4.69) is 217 Å². The van der Waals surface area contributed by atoms with Gasteiger partial charge in [-0.1, -0.05) is 170 Å². The molecule has 11 rings (SSSR count). The van der Waals surface area contributed by atoms with Crippen LogP contribution in [0.1, 0.15) is 0 Å². The fraction of sp³-hybridized carbons (Fsp3) is 0. The molecule has 2 heteroatoms. The Kier molecular flexibility index (Phi) is 7.75. The predicted octanol–water partition coefficient (Wildman–Crippen LogP) is 16.0. The van der Waals surface area contributed by atoms with Crippen LogP contribution in [0.5, 0.6) is 0 Å². The van der Waals surface area contributed by atoms with Gasteiger partial charge in [0, 0.05) is 37.2 Å². The van der Waals surface area contributed by atoms with Gasteiger partial charge in [-0.05, 0) is 108 Å². The van der Waals surface area contributed by atoms with Crippen LogP contribution in [0.15, 0.2) is 212 Å². The number of fused-ring (bicyclic) bond motifs is 8. The Hall–Kier alpha value is -7.00. The second kappa shape index (κ2) is 13.4. The van der Waals surface area contributed by atoms with Crippen LogP contribution in [0.25, 0.3) is 85.9 Å². The third-order valence-electron chi connectivity index (χ3n) is 11.2. The highest BCUT2D eigenvalue weighted by Gasteiger charge is 2.17. The third-order valence-corrected chi connectivity index (χ3v) is 12.4. The number of rotatable bonds is 6. The van der Waals surface area contributed by atoms with Crippen LogP contribution >= 0.6 is 11.3 Å². The lowest BCUT2D eigenvalue weighted by molar-refractivity contribution is 1.29. The van der Waals surface area contributed by atoms with E-state index in [0.29, 0.717) is 0 Å². The molecule has 0 aliphatic rings. The molecule has 0 aliphatic carbocycles. The average Bonchev–Trinajstić information content (AvgIpc) is 3.66. The second-order valence-electron chi connectivity index (χ2n) is 14.5. The molecule has 0 radical (unpaired) electrons. The van der Waals surface area contributed by atoms with E-state index in [-0.39, 0.29) is 0 Å². The average molecular weight is 730 g/mol. The van der Waals surface area contributed by atoms with Gasteiger partial charge in [-0.15, -0.1) is 11.3 Å². The monoisotopic (exact) mass is 729 g/mol. The molecule has 0 saturated carbocycles. The Morgan fingerprint density at radius 3 is 1.68 bits per heavy atom. The van der Waals surface area contributed by atoms with Gasteiger partial charge < -0.3 is 4.90 Å². The molecule has 0 fully saturated rings. The minimum atomic E-state index is 1.12. The van der Waals surface area contributed by atoms with Crippen molar-refractivity contribution in [2.75, 3.05) is 4.90 Å². The molecule has 1 nitrogen and oxygen atoms in total. The first kappa shape index (κ1) is 32.4. The van der Waals surface area contributed by atoms with Crippen LogP contribution in [0.4, 0.5) is 17.1 Å². The summed E-state index contributed by atoms with van der Waals surface area (Å²) in [5, 5.41) is 10.3. The minimum absolute atomic E-state index is 1.12. The van der Waals surface area contributed by atoms with Crippen molar-refractivity contribution in [1.29, 1.82) is 0 Å². The van der Waals surface area contributed by atoms with Crippen molar-refractivity contribution in [3.8, 4) is 33.4 Å². The minimum Gasteiger partial charge on any atom is -0.310 e. The van der Waals surface area contributed by atoms with Crippen molar-refractivity contribution in [3.63, 3.8) is 0 Å². The van der Waals surface area contributed by atoms with Gasteiger partial charge in [0.15, 0.2) is 0 Å². The van der Waals surface area contributed by atoms with Gasteiger partial charge >= 0.3 is 0 Å². The van der Waals surface area contributed by atoms with Crippen molar-refractivity contribution in [2.45, 2.75) is 0 Å². The normalized spacial score (nSPS) is 11.6. The number of hydrogen-bond acceptors (Lipinski definition) is 2. The first-order valence-corrected chi connectivity index (χ1v) is 20.0. The molecular formula is C54H35NS. The SMILES string of the molecule is c1ccc(-c2ccc(N(c3cccc(-c4ccc(-c5cc6ccccc6c6ccccc56)cc4)c3)c3ccc4c(c3)sc3c5ccccc5ccc43)cc2)cc1. The smallest absolute Gasteiger partial charge is 0.0476 e. The molecule has 0 spiro atoms. The van der Waals surface area contributed by atoms with E-state index >= 15 is 0 Å². The summed E-state index contributed by atoms with van der Waals surface area (Å²) < 4.78 is 2.63. The lowest BCUT2D eigenvalue weighted by atomic mass is 9.92. The molecule has 1 aromatic heterocycles. The molecule has 11 aromatic rings. The Bertz CT molecular complexity index is 3230. The second-order valence-corrected chi connectivity index (χ2v) is 15.6. The summed E-state index contributed by atoms with van der Waals surface area (Å²) in [5.41, 5.74) is 10.6. The molecule has 0 bridgehead atoms. The molecule has 0 N–H and O–H groups in total. The fourth-order valence-electron chi connectivity index (χ4n) is 8.47. The number of hydrogen-bond donors (Lipinski definition) is 0. The van der Waals surface area contributed by atoms with Crippen molar-refractivity contribution >= 4 is 80.9 Å². The quantitative estimate of drug-likeness (QED) is 0.154. The predicted molar refractivity (Wildman–Crippen MR) is 243 cm³/mol. The lowest BCUT2D eigenvalue weighted by Gasteiger charge is -2.26. The van der Waals surface area contributed by atoms with Crippen LogP contribution in [-0.4, -0.2) is 0 Å². The number of thiophene rings is 1. The van der Waals surface area contributed by atoms with Gasteiger partial charge in [0.25, 0.3) is 0 Å². The summed E-state index contributed by atoms with van der Waals surface area (Å²) in [6, 6.07) is 77.6. The first-order chi connectivity index (χ1) is 27.7. The zero-order chi connectivity index (χ0) is 37.0. The van der Waals surface area contributed by atoms with E-state index in [0.717, 1.165) is 17.1 Å². The molecule has 0 atom stereocenters. The van der Waals surface area contributed by atoms with E-state index in [4.69, 9.17) is 0 Å². The van der Waals surface area contributed by atoms with Crippen LogP contribution < -0.4 is 4.90 Å². The van der Waals surface area contributed by atoms with Crippen LogP contribution in [-0.2, 0) is 0 Å². The van der Waals surface area contributed by atoms with Gasteiger partial charge in [-0.3, -0.25) is 0 Å². The van der Waals surface area contributed by atoms with E-state index < -0.39 is 0 Å². The highest BCUT2D eigenvalue weighted by molar-refractivity contribution is 7.26. The standard InChI is InChI=1S/C54H35NS/c1-2-11-36(12-3-1)37-25-28-43(29-26-37)55(45-30-32-50-51-31-27-39-13-4-7-18-47(39)54(51)56-53(50)35-45)44-16-10-15-41(33-44)38-21-23-40(24-22-38)52-34-42-14-5-6-17-46(42)48-19-8-9-20-49(48)52/h1-35H. The highest BCUT2D eigenvalue weighted by atomic mass is 32.1. The fourth-order valence-corrected chi connectivity index (χ4v) is 9.74. The molecule has 56 heavy (non-hydrogen) atoms. The Morgan fingerprint density at radius 1 is 0.286 bits per heavy atom. The zero-order valence-electron chi connectivity index (χ0n) is 30.6. The molecule has 0 saturated heterocycles. The Labute approximate surface area is 330 Å². The zero-order valence-corrected chi connectivity index (χ0v) is 31.4. The van der Waals surface area contributed by atoms with E-state index in [1.54, 1.807) is 0 Å². The van der Waals surface area contributed by atoms with Crippen LogP contribution in [0.2, 0.25) is 0 Å². The third kappa shape index (κ3) is 5.54. The first-order valence-electron chi connectivity index (χ1n) is 19.2. The van der Waals surface area contributed by atoms with Gasteiger partial charge in [-0.2, -0.15) is 0 Å².